The Bertz CT molecular complexity index is 1260. The minimum absolute atomic E-state index is 0.0490. The Morgan fingerprint density at radius 1 is 1.08 bits per heavy atom. The Hall–Kier alpha value is -4.14. The molecule has 0 spiro atoms. The maximum absolute atomic E-state index is 13.7. The molecule has 0 radical (unpaired) electrons. The number of rotatable bonds is 9. The van der Waals surface area contributed by atoms with Crippen molar-refractivity contribution in [2.75, 3.05) is 20.8 Å². The van der Waals surface area contributed by atoms with Crippen LogP contribution < -0.4 is 10.1 Å². The maximum atomic E-state index is 13.7. The van der Waals surface area contributed by atoms with Gasteiger partial charge < -0.3 is 24.3 Å². The number of nitrogens with one attached hydrogen (secondary N) is 1. The summed E-state index contributed by atoms with van der Waals surface area (Å²) in [7, 11) is 2.82. The predicted molar refractivity (Wildman–Crippen MR) is 133 cm³/mol. The van der Waals surface area contributed by atoms with Crippen molar-refractivity contribution in [3.05, 3.63) is 83.4 Å². The number of hydrogen-bond acceptors (Lipinski definition) is 6. The molecule has 1 N–H and O–H groups in total. The smallest absolute Gasteiger partial charge is 0.359 e. The zero-order valence-electron chi connectivity index (χ0n) is 20.7. The van der Waals surface area contributed by atoms with Gasteiger partial charge in [0.15, 0.2) is 5.69 Å². The zero-order chi connectivity index (χ0) is 25.7. The molecule has 9 heteroatoms. The molecule has 0 saturated heterocycles. The molecular formula is C27H30N4O5. The number of aryl methyl sites for hydroxylation is 1. The number of esters is 1. The van der Waals surface area contributed by atoms with Crippen molar-refractivity contribution in [3.63, 3.8) is 0 Å². The number of carbonyl (C=O) groups excluding carboxylic acids is 3. The van der Waals surface area contributed by atoms with E-state index in [-0.39, 0.29) is 30.4 Å². The van der Waals surface area contributed by atoms with Crippen LogP contribution in [0.1, 0.15) is 45.4 Å². The quantitative estimate of drug-likeness (QED) is 0.463. The number of methoxy groups -OCH3 is 2. The number of hydrogen-bond donors (Lipinski definition) is 1. The first-order valence-corrected chi connectivity index (χ1v) is 11.8. The van der Waals surface area contributed by atoms with Crippen molar-refractivity contribution in [3.8, 4) is 5.75 Å². The molecule has 1 atom stereocenters. The molecule has 0 fully saturated rings. The van der Waals surface area contributed by atoms with Crippen LogP contribution in [0, 0.1) is 0 Å². The van der Waals surface area contributed by atoms with Gasteiger partial charge in [-0.15, -0.1) is 0 Å². The summed E-state index contributed by atoms with van der Waals surface area (Å²) in [5.41, 5.74) is 0.857. The Morgan fingerprint density at radius 2 is 1.81 bits per heavy atom. The number of aromatic nitrogens is 2. The molecule has 3 aromatic rings. The van der Waals surface area contributed by atoms with Gasteiger partial charge in [-0.25, -0.2) is 9.78 Å². The molecule has 4 rings (SSSR count). The van der Waals surface area contributed by atoms with Crippen LogP contribution in [0.2, 0.25) is 0 Å². The Labute approximate surface area is 210 Å². The standard InChI is InChI=1S/C27H30N4O5/c1-27(26(34)28-16-20-13-7-8-14-21(20)35-2)17-30-18-29-22(25(33)36-3)23(30)24(32)31(27)15-9-12-19-10-5-4-6-11-19/h4-8,10-11,13-14,18H,9,12,15-17H2,1-3H3,(H,28,34)/t27-/m0/s1. The van der Waals surface area contributed by atoms with Gasteiger partial charge in [-0.05, 0) is 31.4 Å². The number of fused-ring (bicyclic) bond motifs is 1. The number of carbonyl (C=O) groups is 3. The van der Waals surface area contributed by atoms with Gasteiger partial charge in [0, 0.05) is 18.7 Å². The van der Waals surface area contributed by atoms with E-state index in [1.54, 1.807) is 23.5 Å². The molecule has 1 aliphatic rings. The first-order valence-electron chi connectivity index (χ1n) is 11.8. The Balaban J connectivity index is 1.60. The topological polar surface area (TPSA) is 103 Å². The third kappa shape index (κ3) is 4.82. The lowest BCUT2D eigenvalue weighted by Gasteiger charge is -2.43. The SMILES string of the molecule is COC(=O)c1ncn2c1C(=O)N(CCCc1ccccc1)[C@](C)(C(=O)NCc1ccccc1OC)C2. The average Bonchev–Trinajstić information content (AvgIpc) is 3.33. The summed E-state index contributed by atoms with van der Waals surface area (Å²) in [6.07, 6.45) is 2.80. The minimum atomic E-state index is -1.20. The van der Waals surface area contributed by atoms with Gasteiger partial charge in [0.25, 0.3) is 5.91 Å². The molecule has 0 unspecified atom stereocenters. The molecule has 0 bridgehead atoms. The molecule has 1 aromatic heterocycles. The van der Waals surface area contributed by atoms with E-state index >= 15 is 0 Å². The zero-order valence-corrected chi connectivity index (χ0v) is 20.7. The number of benzene rings is 2. The van der Waals surface area contributed by atoms with Crippen LogP contribution in [0.4, 0.5) is 0 Å². The van der Waals surface area contributed by atoms with Gasteiger partial charge in [0.1, 0.15) is 17.0 Å². The van der Waals surface area contributed by atoms with E-state index in [1.807, 2.05) is 54.6 Å². The van der Waals surface area contributed by atoms with E-state index < -0.39 is 17.4 Å². The van der Waals surface area contributed by atoms with Crippen molar-refractivity contribution >= 4 is 17.8 Å². The van der Waals surface area contributed by atoms with E-state index in [0.29, 0.717) is 18.7 Å². The Morgan fingerprint density at radius 3 is 2.53 bits per heavy atom. The molecule has 2 aromatic carbocycles. The van der Waals surface area contributed by atoms with Crippen LogP contribution in [0.15, 0.2) is 60.9 Å². The number of para-hydroxylation sites is 1. The van der Waals surface area contributed by atoms with E-state index in [4.69, 9.17) is 9.47 Å². The van der Waals surface area contributed by atoms with Crippen LogP contribution in [0.25, 0.3) is 0 Å². The number of amides is 2. The summed E-state index contributed by atoms with van der Waals surface area (Å²) in [5.74, 6) is -0.754. The highest BCUT2D eigenvalue weighted by atomic mass is 16.5. The summed E-state index contributed by atoms with van der Waals surface area (Å²) in [4.78, 5) is 45.3. The van der Waals surface area contributed by atoms with E-state index in [9.17, 15) is 14.4 Å². The fourth-order valence-corrected chi connectivity index (χ4v) is 4.59. The van der Waals surface area contributed by atoms with Gasteiger partial charge in [0.2, 0.25) is 5.91 Å². The predicted octanol–water partition coefficient (Wildman–Crippen LogP) is 2.84. The first kappa shape index (κ1) is 25.0. The third-order valence-electron chi connectivity index (χ3n) is 6.55. The van der Waals surface area contributed by atoms with Gasteiger partial charge in [-0.1, -0.05) is 48.5 Å². The fraction of sp³-hybridized carbons (Fsp3) is 0.333. The molecular weight excluding hydrogens is 460 g/mol. The second-order valence-corrected chi connectivity index (χ2v) is 8.88. The van der Waals surface area contributed by atoms with Gasteiger partial charge >= 0.3 is 5.97 Å². The van der Waals surface area contributed by atoms with Gasteiger partial charge in [-0.3, -0.25) is 9.59 Å². The van der Waals surface area contributed by atoms with Crippen molar-refractivity contribution in [2.24, 2.45) is 0 Å². The molecule has 1 aliphatic heterocycles. The molecule has 188 valence electrons. The lowest BCUT2D eigenvalue weighted by atomic mass is 9.93. The van der Waals surface area contributed by atoms with E-state index in [2.05, 4.69) is 10.3 Å². The summed E-state index contributed by atoms with van der Waals surface area (Å²) < 4.78 is 11.8. The van der Waals surface area contributed by atoms with Crippen molar-refractivity contribution in [1.29, 1.82) is 0 Å². The fourth-order valence-electron chi connectivity index (χ4n) is 4.59. The largest absolute Gasteiger partial charge is 0.496 e. The second-order valence-electron chi connectivity index (χ2n) is 8.88. The monoisotopic (exact) mass is 490 g/mol. The average molecular weight is 491 g/mol. The van der Waals surface area contributed by atoms with Gasteiger partial charge in [-0.2, -0.15) is 0 Å². The molecule has 36 heavy (non-hydrogen) atoms. The lowest BCUT2D eigenvalue weighted by molar-refractivity contribution is -0.133. The van der Waals surface area contributed by atoms with E-state index in [0.717, 1.165) is 17.5 Å². The molecule has 9 nitrogen and oxygen atoms in total. The number of ether oxygens (including phenoxy) is 2. The normalized spacial score (nSPS) is 16.9. The number of imidazole rings is 1. The van der Waals surface area contributed by atoms with Crippen LogP contribution >= 0.6 is 0 Å². The van der Waals surface area contributed by atoms with Gasteiger partial charge in [0.05, 0.1) is 27.1 Å². The highest BCUT2D eigenvalue weighted by Crippen LogP contribution is 2.30. The second kappa shape index (κ2) is 10.6. The van der Waals surface area contributed by atoms with Crippen molar-refractivity contribution < 1.29 is 23.9 Å². The van der Waals surface area contributed by atoms with Crippen LogP contribution in [-0.4, -0.2) is 58.5 Å². The minimum Gasteiger partial charge on any atom is -0.496 e. The molecule has 2 amide bonds. The Kier molecular flexibility index (Phi) is 7.38. The highest BCUT2D eigenvalue weighted by molar-refractivity contribution is 6.06. The molecule has 2 heterocycles. The van der Waals surface area contributed by atoms with Crippen LogP contribution in [0.3, 0.4) is 0 Å². The summed E-state index contributed by atoms with van der Waals surface area (Å²) in [6.45, 7) is 2.47. The van der Waals surface area contributed by atoms with Crippen molar-refractivity contribution in [2.45, 2.75) is 38.4 Å². The highest BCUT2D eigenvalue weighted by Gasteiger charge is 2.48. The summed E-state index contributed by atoms with van der Waals surface area (Å²) in [5, 5.41) is 2.98. The van der Waals surface area contributed by atoms with Crippen molar-refractivity contribution in [1.82, 2.24) is 19.8 Å². The summed E-state index contributed by atoms with van der Waals surface area (Å²) in [6, 6.07) is 17.4. The third-order valence-corrected chi connectivity index (χ3v) is 6.55. The van der Waals surface area contributed by atoms with E-state index in [1.165, 1.54) is 13.4 Å². The van der Waals surface area contributed by atoms with Crippen LogP contribution in [0.5, 0.6) is 5.75 Å². The summed E-state index contributed by atoms with van der Waals surface area (Å²) >= 11 is 0. The lowest BCUT2D eigenvalue weighted by Crippen LogP contribution is -2.64. The molecule has 0 saturated carbocycles. The maximum Gasteiger partial charge on any atom is 0.359 e. The van der Waals surface area contributed by atoms with Crippen LogP contribution in [-0.2, 0) is 29.0 Å². The molecule has 0 aliphatic carbocycles. The first-order chi connectivity index (χ1) is 17.4. The number of nitrogens with zero attached hydrogens (tertiary/aromatic N) is 3.